The first-order valence-electron chi connectivity index (χ1n) is 4.79. The van der Waals surface area contributed by atoms with Gasteiger partial charge in [-0.1, -0.05) is 18.2 Å². The third-order valence-electron chi connectivity index (χ3n) is 2.03. The lowest BCUT2D eigenvalue weighted by Gasteiger charge is -2.17. The predicted molar refractivity (Wildman–Crippen MR) is 53.3 cm³/mol. The molecule has 3 N–H and O–H groups in total. The van der Waals surface area contributed by atoms with E-state index < -0.39 is 24.6 Å². The van der Waals surface area contributed by atoms with Crippen LogP contribution in [0.25, 0.3) is 0 Å². The van der Waals surface area contributed by atoms with E-state index in [1.165, 1.54) is 18.2 Å². The summed E-state index contributed by atoms with van der Waals surface area (Å²) in [7, 11) is 0. The first kappa shape index (κ1) is 13.9. The van der Waals surface area contributed by atoms with Crippen LogP contribution in [-0.2, 0) is 4.74 Å². The van der Waals surface area contributed by atoms with Gasteiger partial charge < -0.3 is 4.74 Å². The van der Waals surface area contributed by atoms with Crippen molar-refractivity contribution in [2.45, 2.75) is 12.2 Å². The van der Waals surface area contributed by atoms with E-state index in [2.05, 4.69) is 10.2 Å². The van der Waals surface area contributed by atoms with Crippen LogP contribution in [-0.4, -0.2) is 19.4 Å². The monoisotopic (exact) mass is 252 g/mol. The first-order valence-corrected chi connectivity index (χ1v) is 4.79. The molecule has 96 valence electrons. The van der Waals surface area contributed by atoms with Crippen molar-refractivity contribution >= 4 is 0 Å². The molecule has 0 aliphatic carbocycles. The van der Waals surface area contributed by atoms with Gasteiger partial charge in [-0.05, 0) is 6.07 Å². The minimum atomic E-state index is -4.41. The molecule has 0 amide bonds. The highest BCUT2D eigenvalue weighted by atomic mass is 19.4. The minimum Gasteiger partial charge on any atom is -0.370 e. The Hall–Kier alpha value is -1.18. The Kier molecular flexibility index (Phi) is 4.86. The van der Waals surface area contributed by atoms with Crippen LogP contribution in [0.3, 0.4) is 0 Å². The molecule has 0 fully saturated rings. The summed E-state index contributed by atoms with van der Waals surface area (Å²) in [6.45, 7) is -1.75. The van der Waals surface area contributed by atoms with Crippen LogP contribution in [0.2, 0.25) is 0 Å². The van der Waals surface area contributed by atoms with Crippen LogP contribution in [0.15, 0.2) is 24.3 Å². The Balaban J connectivity index is 2.58. The zero-order chi connectivity index (χ0) is 12.9. The summed E-state index contributed by atoms with van der Waals surface area (Å²) >= 11 is 0. The number of rotatable bonds is 5. The SMILES string of the molecule is NNC(COCC(F)(F)F)c1ccccc1F. The molecule has 0 spiro atoms. The molecule has 0 radical (unpaired) electrons. The normalized spacial score (nSPS) is 13.7. The maximum atomic E-state index is 13.3. The second-order valence-electron chi connectivity index (χ2n) is 3.37. The van der Waals surface area contributed by atoms with E-state index in [1.807, 2.05) is 0 Å². The summed E-state index contributed by atoms with van der Waals surface area (Å²) in [4.78, 5) is 0. The molecule has 1 unspecified atom stereocenters. The van der Waals surface area contributed by atoms with Gasteiger partial charge in [-0.25, -0.2) is 4.39 Å². The molecule has 17 heavy (non-hydrogen) atoms. The summed E-state index contributed by atoms with van der Waals surface area (Å²) in [5.74, 6) is 4.60. The van der Waals surface area contributed by atoms with Gasteiger partial charge in [0.15, 0.2) is 0 Å². The number of halogens is 4. The molecule has 0 saturated carbocycles. The molecule has 0 aromatic heterocycles. The fourth-order valence-corrected chi connectivity index (χ4v) is 1.28. The minimum absolute atomic E-state index is 0.164. The van der Waals surface area contributed by atoms with Crippen molar-refractivity contribution in [3.8, 4) is 0 Å². The Bertz CT molecular complexity index is 356. The number of ether oxygens (including phenoxy) is 1. The van der Waals surface area contributed by atoms with Gasteiger partial charge >= 0.3 is 6.18 Å². The number of benzene rings is 1. The molecule has 1 aromatic rings. The standard InChI is InChI=1S/C10H12F4N2O/c11-8-4-2-1-3-7(8)9(16-15)5-17-6-10(12,13)14/h1-4,9,16H,5-6,15H2. The van der Waals surface area contributed by atoms with Crippen molar-refractivity contribution in [3.05, 3.63) is 35.6 Å². The summed E-state index contributed by atoms with van der Waals surface area (Å²) in [6, 6.07) is 4.84. The molecule has 0 bridgehead atoms. The van der Waals surface area contributed by atoms with Crippen molar-refractivity contribution in [1.82, 2.24) is 5.43 Å². The molecule has 1 atom stereocenters. The van der Waals surface area contributed by atoms with Crippen molar-refractivity contribution in [3.63, 3.8) is 0 Å². The lowest BCUT2D eigenvalue weighted by molar-refractivity contribution is -0.175. The fourth-order valence-electron chi connectivity index (χ4n) is 1.28. The second kappa shape index (κ2) is 5.95. The number of hydrazine groups is 1. The van der Waals surface area contributed by atoms with E-state index in [-0.39, 0.29) is 12.2 Å². The quantitative estimate of drug-likeness (QED) is 0.478. The van der Waals surface area contributed by atoms with Gasteiger partial charge in [0.05, 0.1) is 12.6 Å². The van der Waals surface area contributed by atoms with Gasteiger partial charge in [-0.15, -0.1) is 0 Å². The Labute approximate surface area is 95.5 Å². The largest absolute Gasteiger partial charge is 0.411 e. The van der Waals surface area contributed by atoms with Crippen LogP contribution in [0.1, 0.15) is 11.6 Å². The number of hydrogen-bond acceptors (Lipinski definition) is 3. The topological polar surface area (TPSA) is 47.3 Å². The van der Waals surface area contributed by atoms with Gasteiger partial charge in [0.1, 0.15) is 12.4 Å². The van der Waals surface area contributed by atoms with Crippen LogP contribution in [0.5, 0.6) is 0 Å². The van der Waals surface area contributed by atoms with Gasteiger partial charge in [-0.3, -0.25) is 11.3 Å². The third kappa shape index (κ3) is 4.68. The second-order valence-corrected chi connectivity index (χ2v) is 3.37. The van der Waals surface area contributed by atoms with Crippen molar-refractivity contribution < 1.29 is 22.3 Å². The Morgan fingerprint density at radius 2 is 1.94 bits per heavy atom. The molecule has 0 saturated heterocycles. The lowest BCUT2D eigenvalue weighted by atomic mass is 10.1. The number of nitrogens with two attached hydrogens (primary N) is 1. The average molecular weight is 252 g/mol. The Morgan fingerprint density at radius 3 is 2.47 bits per heavy atom. The van der Waals surface area contributed by atoms with Gasteiger partial charge in [-0.2, -0.15) is 13.2 Å². The molecule has 1 aromatic carbocycles. The maximum Gasteiger partial charge on any atom is 0.411 e. The zero-order valence-corrected chi connectivity index (χ0v) is 8.80. The van der Waals surface area contributed by atoms with Crippen LogP contribution in [0, 0.1) is 5.82 Å². The number of hydrogen-bond donors (Lipinski definition) is 2. The lowest BCUT2D eigenvalue weighted by Crippen LogP contribution is -2.33. The first-order chi connectivity index (χ1) is 7.94. The summed E-state index contributed by atoms with van der Waals surface area (Å²) < 4.78 is 53.3. The molecule has 0 heterocycles. The van der Waals surface area contributed by atoms with Crippen LogP contribution < -0.4 is 11.3 Å². The zero-order valence-electron chi connectivity index (χ0n) is 8.80. The fraction of sp³-hybridized carbons (Fsp3) is 0.400. The number of alkyl halides is 3. The molecule has 3 nitrogen and oxygen atoms in total. The van der Waals surface area contributed by atoms with E-state index in [0.717, 1.165) is 0 Å². The van der Waals surface area contributed by atoms with Gasteiger partial charge in [0, 0.05) is 5.56 Å². The van der Waals surface area contributed by atoms with Gasteiger partial charge in [0.2, 0.25) is 0 Å². The van der Waals surface area contributed by atoms with Crippen molar-refractivity contribution in [2.75, 3.05) is 13.2 Å². The predicted octanol–water partition coefficient (Wildman–Crippen LogP) is 1.91. The van der Waals surface area contributed by atoms with Crippen molar-refractivity contribution in [2.24, 2.45) is 5.84 Å². The number of nitrogens with one attached hydrogen (secondary N) is 1. The summed E-state index contributed by atoms with van der Waals surface area (Å²) in [6.07, 6.45) is -4.41. The van der Waals surface area contributed by atoms with E-state index in [0.29, 0.717) is 0 Å². The average Bonchev–Trinajstić information content (AvgIpc) is 2.24. The summed E-state index contributed by atoms with van der Waals surface area (Å²) in [5, 5.41) is 0. The molecule has 0 aliphatic heterocycles. The molecular weight excluding hydrogens is 240 g/mol. The molecule has 0 aliphatic rings. The Morgan fingerprint density at radius 1 is 1.29 bits per heavy atom. The highest BCUT2D eigenvalue weighted by Crippen LogP contribution is 2.19. The molecular formula is C10H12F4N2O. The van der Waals surface area contributed by atoms with E-state index in [4.69, 9.17) is 5.84 Å². The van der Waals surface area contributed by atoms with Crippen LogP contribution >= 0.6 is 0 Å². The van der Waals surface area contributed by atoms with E-state index in [9.17, 15) is 17.6 Å². The smallest absolute Gasteiger partial charge is 0.370 e. The van der Waals surface area contributed by atoms with Crippen LogP contribution in [0.4, 0.5) is 17.6 Å². The highest BCUT2D eigenvalue weighted by molar-refractivity contribution is 5.21. The van der Waals surface area contributed by atoms with Gasteiger partial charge in [0.25, 0.3) is 0 Å². The maximum absolute atomic E-state index is 13.3. The molecule has 7 heteroatoms. The molecule has 1 rings (SSSR count). The highest BCUT2D eigenvalue weighted by Gasteiger charge is 2.28. The third-order valence-corrected chi connectivity index (χ3v) is 2.03. The van der Waals surface area contributed by atoms with E-state index in [1.54, 1.807) is 6.07 Å². The van der Waals surface area contributed by atoms with Crippen molar-refractivity contribution in [1.29, 1.82) is 0 Å². The summed E-state index contributed by atoms with van der Waals surface area (Å²) in [5.41, 5.74) is 2.38. The van der Waals surface area contributed by atoms with E-state index >= 15 is 0 Å².